The Morgan fingerprint density at radius 1 is 0.241 bits per heavy atom. The molecule has 0 aliphatic heterocycles. The van der Waals surface area contributed by atoms with E-state index in [0.29, 0.717) is 0 Å². The van der Waals surface area contributed by atoms with Crippen LogP contribution >= 0.6 is 0 Å². The molecule has 9 aromatic carbocycles. The summed E-state index contributed by atoms with van der Waals surface area (Å²) in [7, 11) is 0. The van der Waals surface area contributed by atoms with Gasteiger partial charge >= 0.3 is 0 Å². The van der Waals surface area contributed by atoms with Crippen LogP contribution in [0.25, 0.3) is 110 Å². The summed E-state index contributed by atoms with van der Waals surface area (Å²) in [5.74, 6) is 0. The zero-order chi connectivity index (χ0) is 35.6. The third-order valence-corrected chi connectivity index (χ3v) is 11.1. The molecule has 0 atom stereocenters. The van der Waals surface area contributed by atoms with Crippen molar-refractivity contribution in [2.75, 3.05) is 0 Å². The summed E-state index contributed by atoms with van der Waals surface area (Å²) in [6.45, 7) is 0. The van der Waals surface area contributed by atoms with E-state index in [4.69, 9.17) is 9.97 Å². The molecule has 0 amide bonds. The first-order valence-electron chi connectivity index (χ1n) is 18.5. The van der Waals surface area contributed by atoms with Crippen molar-refractivity contribution in [2.45, 2.75) is 0 Å². The van der Waals surface area contributed by atoms with Gasteiger partial charge in [0.1, 0.15) is 0 Å². The first-order chi connectivity index (χ1) is 26.8. The second kappa shape index (κ2) is 12.2. The summed E-state index contributed by atoms with van der Waals surface area (Å²) in [6.07, 6.45) is 0. The second-order valence-corrected chi connectivity index (χ2v) is 14.0. The van der Waals surface area contributed by atoms with Crippen LogP contribution in [0.5, 0.6) is 0 Å². The Balaban J connectivity index is 1.17. The molecule has 0 radical (unpaired) electrons. The predicted molar refractivity (Wildman–Crippen MR) is 229 cm³/mol. The molecular formula is C52H32N2. The van der Waals surface area contributed by atoms with Gasteiger partial charge in [0.15, 0.2) is 0 Å². The van der Waals surface area contributed by atoms with Gasteiger partial charge < -0.3 is 0 Å². The van der Waals surface area contributed by atoms with Gasteiger partial charge in [0.25, 0.3) is 0 Å². The van der Waals surface area contributed by atoms with Gasteiger partial charge in [-0.05, 0) is 77.5 Å². The molecule has 11 rings (SSSR count). The van der Waals surface area contributed by atoms with Crippen LogP contribution in [0.3, 0.4) is 0 Å². The Bertz CT molecular complexity index is 3210. The van der Waals surface area contributed by atoms with E-state index in [1.807, 2.05) is 6.07 Å². The SMILES string of the molecule is c1ccc(-c2ccc3ccc4ccc(-c5c6ccccc6c(-c6ccc(-c7cccc8ccccc78)c7ccccc67)c6ccccc56)nc4c3n2)cc1. The average molecular weight is 685 g/mol. The van der Waals surface area contributed by atoms with Gasteiger partial charge in [-0.2, -0.15) is 0 Å². The molecule has 0 unspecified atom stereocenters. The molecule has 2 aromatic heterocycles. The lowest BCUT2D eigenvalue weighted by atomic mass is 9.84. The van der Waals surface area contributed by atoms with Crippen molar-refractivity contribution < 1.29 is 0 Å². The summed E-state index contributed by atoms with van der Waals surface area (Å²) in [6, 6.07) is 69.8. The lowest BCUT2D eigenvalue weighted by molar-refractivity contribution is 1.37. The fourth-order valence-electron chi connectivity index (χ4n) is 8.58. The zero-order valence-corrected chi connectivity index (χ0v) is 29.4. The molecule has 0 saturated carbocycles. The molecule has 0 aliphatic carbocycles. The Morgan fingerprint density at radius 2 is 0.685 bits per heavy atom. The molecule has 11 aromatic rings. The van der Waals surface area contributed by atoms with Gasteiger partial charge in [0.05, 0.1) is 22.4 Å². The summed E-state index contributed by atoms with van der Waals surface area (Å²) in [4.78, 5) is 10.7. The van der Waals surface area contributed by atoms with E-state index in [-0.39, 0.29) is 0 Å². The van der Waals surface area contributed by atoms with Crippen molar-refractivity contribution >= 4 is 64.9 Å². The highest BCUT2D eigenvalue weighted by molar-refractivity contribution is 6.24. The van der Waals surface area contributed by atoms with Crippen LogP contribution in [-0.4, -0.2) is 9.97 Å². The van der Waals surface area contributed by atoms with E-state index in [0.717, 1.165) is 44.3 Å². The topological polar surface area (TPSA) is 25.8 Å². The normalized spacial score (nSPS) is 11.7. The first kappa shape index (κ1) is 30.5. The van der Waals surface area contributed by atoms with E-state index in [1.54, 1.807) is 0 Å². The molecule has 0 N–H and O–H groups in total. The maximum absolute atomic E-state index is 5.47. The molecule has 0 fully saturated rings. The third-order valence-electron chi connectivity index (χ3n) is 11.1. The Hall–Kier alpha value is -7.16. The lowest BCUT2D eigenvalue weighted by Gasteiger charge is -2.20. The quantitative estimate of drug-likeness (QED) is 0.136. The highest BCUT2D eigenvalue weighted by atomic mass is 14.8. The zero-order valence-electron chi connectivity index (χ0n) is 29.4. The van der Waals surface area contributed by atoms with Crippen molar-refractivity contribution in [2.24, 2.45) is 0 Å². The number of rotatable bonds is 4. The fraction of sp³-hybridized carbons (Fsp3) is 0. The van der Waals surface area contributed by atoms with Gasteiger partial charge in [0.2, 0.25) is 0 Å². The predicted octanol–water partition coefficient (Wildman–Crippen LogP) is 14.1. The van der Waals surface area contributed by atoms with Gasteiger partial charge in [-0.3, -0.25) is 0 Å². The standard InChI is InChI=1S/C52H32N2/c1-2-14-34(15-3-1)47-31-27-35-25-26-36-28-32-48(54-52(36)51(35)53-47)50-44-22-10-8-20-42(44)49(43-21-9-11-23-45(43)50)46-30-29-41(39-18-6-7-19-40(39)46)38-24-12-16-33-13-4-5-17-37(33)38/h1-32H. The Morgan fingerprint density at radius 3 is 1.35 bits per heavy atom. The van der Waals surface area contributed by atoms with E-state index in [9.17, 15) is 0 Å². The molecule has 2 nitrogen and oxygen atoms in total. The monoisotopic (exact) mass is 684 g/mol. The smallest absolute Gasteiger partial charge is 0.0972 e. The van der Waals surface area contributed by atoms with Crippen LogP contribution in [0, 0.1) is 0 Å². The summed E-state index contributed by atoms with van der Waals surface area (Å²) < 4.78 is 0. The molecule has 0 aliphatic rings. The van der Waals surface area contributed by atoms with Crippen molar-refractivity contribution in [3.63, 3.8) is 0 Å². The molecule has 250 valence electrons. The number of hydrogen-bond acceptors (Lipinski definition) is 2. The lowest BCUT2D eigenvalue weighted by Crippen LogP contribution is -1.95. The molecule has 0 spiro atoms. The number of fused-ring (bicyclic) bond motifs is 7. The highest BCUT2D eigenvalue weighted by Crippen LogP contribution is 2.47. The number of benzene rings is 9. The number of hydrogen-bond donors (Lipinski definition) is 0. The molecule has 2 heteroatoms. The summed E-state index contributed by atoms with van der Waals surface area (Å²) >= 11 is 0. The first-order valence-corrected chi connectivity index (χ1v) is 18.5. The minimum Gasteiger partial charge on any atom is -0.245 e. The maximum atomic E-state index is 5.47. The van der Waals surface area contributed by atoms with Gasteiger partial charge in [-0.1, -0.05) is 182 Å². The molecule has 2 heterocycles. The summed E-state index contributed by atoms with van der Waals surface area (Å²) in [5, 5.41) is 11.9. The van der Waals surface area contributed by atoms with Crippen LogP contribution in [0.15, 0.2) is 194 Å². The van der Waals surface area contributed by atoms with Gasteiger partial charge in [0, 0.05) is 21.9 Å². The highest BCUT2D eigenvalue weighted by Gasteiger charge is 2.20. The molecule has 0 bridgehead atoms. The second-order valence-electron chi connectivity index (χ2n) is 14.0. The van der Waals surface area contributed by atoms with Gasteiger partial charge in [-0.25, -0.2) is 9.97 Å². The van der Waals surface area contributed by atoms with Crippen LogP contribution in [-0.2, 0) is 0 Å². The van der Waals surface area contributed by atoms with Crippen LogP contribution < -0.4 is 0 Å². The fourth-order valence-corrected chi connectivity index (χ4v) is 8.58. The molecule has 0 saturated heterocycles. The molecule has 54 heavy (non-hydrogen) atoms. The van der Waals surface area contributed by atoms with E-state index >= 15 is 0 Å². The summed E-state index contributed by atoms with van der Waals surface area (Å²) in [5.41, 5.74) is 10.9. The van der Waals surface area contributed by atoms with Crippen molar-refractivity contribution in [3.8, 4) is 44.8 Å². The third kappa shape index (κ3) is 4.74. The Kier molecular flexibility index (Phi) is 6.90. The number of nitrogens with zero attached hydrogens (tertiary/aromatic N) is 2. The van der Waals surface area contributed by atoms with E-state index in [2.05, 4.69) is 188 Å². The average Bonchev–Trinajstić information content (AvgIpc) is 3.25. The number of pyridine rings is 2. The van der Waals surface area contributed by atoms with E-state index < -0.39 is 0 Å². The van der Waals surface area contributed by atoms with Crippen molar-refractivity contribution in [3.05, 3.63) is 194 Å². The minimum atomic E-state index is 0.912. The Labute approximate surface area is 312 Å². The number of aromatic nitrogens is 2. The molecular weight excluding hydrogens is 653 g/mol. The van der Waals surface area contributed by atoms with Crippen LogP contribution in [0.4, 0.5) is 0 Å². The van der Waals surface area contributed by atoms with E-state index in [1.165, 1.54) is 65.3 Å². The largest absolute Gasteiger partial charge is 0.245 e. The minimum absolute atomic E-state index is 0.912. The van der Waals surface area contributed by atoms with Gasteiger partial charge in [-0.15, -0.1) is 0 Å². The van der Waals surface area contributed by atoms with Crippen molar-refractivity contribution in [1.29, 1.82) is 0 Å². The van der Waals surface area contributed by atoms with Crippen LogP contribution in [0.2, 0.25) is 0 Å². The van der Waals surface area contributed by atoms with Crippen LogP contribution in [0.1, 0.15) is 0 Å². The van der Waals surface area contributed by atoms with Crippen molar-refractivity contribution in [1.82, 2.24) is 9.97 Å². The maximum Gasteiger partial charge on any atom is 0.0972 e.